The number of hydrogen-bond donors (Lipinski definition) is 1. The molecule has 1 saturated heterocycles. The Morgan fingerprint density at radius 2 is 2.18 bits per heavy atom. The van der Waals surface area contributed by atoms with Crippen LogP contribution in [0.25, 0.3) is 0 Å². The predicted octanol–water partition coefficient (Wildman–Crippen LogP) is 1.75. The van der Waals surface area contributed by atoms with Gasteiger partial charge in [0.1, 0.15) is 0 Å². The Balaban J connectivity index is 0.00000144. The molecular formula is C12H19ClN2OS. The summed E-state index contributed by atoms with van der Waals surface area (Å²) < 4.78 is 11.9. The maximum absolute atomic E-state index is 11.9. The summed E-state index contributed by atoms with van der Waals surface area (Å²) in [4.78, 5) is 3.96. The summed E-state index contributed by atoms with van der Waals surface area (Å²) in [5.41, 5.74) is 1.12. The van der Waals surface area contributed by atoms with Crippen LogP contribution in [0, 0.1) is 5.92 Å². The normalized spacial score (nSPS) is 21.5. The van der Waals surface area contributed by atoms with Crippen LogP contribution in [0.5, 0.6) is 0 Å². The fraction of sp³-hybridized carbons (Fsp3) is 0.583. The summed E-state index contributed by atoms with van der Waals surface area (Å²) in [6.45, 7) is 2.15. The zero-order valence-electron chi connectivity index (χ0n) is 9.80. The average Bonchev–Trinajstić information content (AvgIpc) is 2.31. The third-order valence-corrected chi connectivity index (χ3v) is 4.40. The summed E-state index contributed by atoms with van der Waals surface area (Å²) >= 11 is 0. The van der Waals surface area contributed by atoms with Crippen LogP contribution in [0.2, 0.25) is 0 Å². The van der Waals surface area contributed by atoms with E-state index >= 15 is 0 Å². The van der Waals surface area contributed by atoms with Crippen LogP contribution in [0.3, 0.4) is 0 Å². The standard InChI is InChI=1S/C12H18N2OS.ClH/c15-16(9-11-3-6-13-7-4-11)10-12-2-1-5-14-8-12;/h3-4,6-7,12,14H,1-2,5,8-10H2;1H. The first kappa shape index (κ1) is 14.6. The molecule has 96 valence electrons. The monoisotopic (exact) mass is 274 g/mol. The van der Waals surface area contributed by atoms with E-state index < -0.39 is 10.8 Å². The Morgan fingerprint density at radius 1 is 1.41 bits per heavy atom. The lowest BCUT2D eigenvalue weighted by Crippen LogP contribution is -2.32. The molecule has 1 N–H and O–H groups in total. The molecular weight excluding hydrogens is 256 g/mol. The molecule has 0 radical (unpaired) electrons. The van der Waals surface area contributed by atoms with E-state index in [1.165, 1.54) is 12.8 Å². The van der Waals surface area contributed by atoms with E-state index in [4.69, 9.17) is 0 Å². The number of aromatic nitrogens is 1. The van der Waals surface area contributed by atoms with Crippen LogP contribution in [0.1, 0.15) is 18.4 Å². The highest BCUT2D eigenvalue weighted by Crippen LogP contribution is 2.13. The zero-order valence-corrected chi connectivity index (χ0v) is 11.4. The molecule has 1 aliphatic rings. The predicted molar refractivity (Wildman–Crippen MR) is 73.8 cm³/mol. The first-order chi connectivity index (χ1) is 7.84. The maximum atomic E-state index is 11.9. The first-order valence-electron chi connectivity index (χ1n) is 5.79. The van der Waals surface area contributed by atoms with Gasteiger partial charge in [-0.15, -0.1) is 12.4 Å². The number of nitrogens with zero attached hydrogens (tertiary/aromatic N) is 1. The first-order valence-corrected chi connectivity index (χ1v) is 7.28. The molecule has 5 heteroatoms. The van der Waals surface area contributed by atoms with Gasteiger partial charge in [-0.2, -0.15) is 0 Å². The van der Waals surface area contributed by atoms with E-state index in [0.717, 1.165) is 24.4 Å². The van der Waals surface area contributed by atoms with Crippen LogP contribution in [0.4, 0.5) is 0 Å². The molecule has 17 heavy (non-hydrogen) atoms. The molecule has 2 unspecified atom stereocenters. The topological polar surface area (TPSA) is 42.0 Å². The van der Waals surface area contributed by atoms with Crippen molar-refractivity contribution < 1.29 is 4.21 Å². The van der Waals surface area contributed by atoms with Crippen molar-refractivity contribution in [1.29, 1.82) is 0 Å². The van der Waals surface area contributed by atoms with Gasteiger partial charge in [-0.05, 0) is 49.5 Å². The number of pyridine rings is 1. The maximum Gasteiger partial charge on any atom is 0.0486 e. The SMILES string of the molecule is Cl.O=S(Cc1ccncc1)CC1CCCNC1. The lowest BCUT2D eigenvalue weighted by Gasteiger charge is -2.22. The lowest BCUT2D eigenvalue weighted by atomic mass is 10.0. The van der Waals surface area contributed by atoms with Gasteiger partial charge in [0.25, 0.3) is 0 Å². The second kappa shape index (κ2) is 7.80. The Morgan fingerprint density at radius 3 is 2.82 bits per heavy atom. The van der Waals surface area contributed by atoms with Gasteiger partial charge in [0.15, 0.2) is 0 Å². The zero-order chi connectivity index (χ0) is 11.2. The van der Waals surface area contributed by atoms with Crippen molar-refractivity contribution in [3.63, 3.8) is 0 Å². The van der Waals surface area contributed by atoms with Gasteiger partial charge in [0.05, 0.1) is 0 Å². The molecule has 0 saturated carbocycles. The largest absolute Gasteiger partial charge is 0.316 e. The fourth-order valence-electron chi connectivity index (χ4n) is 2.05. The van der Waals surface area contributed by atoms with Crippen LogP contribution in [0.15, 0.2) is 24.5 Å². The quantitative estimate of drug-likeness (QED) is 0.910. The summed E-state index contributed by atoms with van der Waals surface area (Å²) in [6, 6.07) is 3.88. The molecule has 2 rings (SSSR count). The van der Waals surface area contributed by atoms with Crippen LogP contribution in [-0.4, -0.2) is 28.0 Å². The van der Waals surface area contributed by atoms with Gasteiger partial charge in [-0.1, -0.05) is 0 Å². The van der Waals surface area contributed by atoms with Crippen LogP contribution >= 0.6 is 12.4 Å². The molecule has 1 aromatic heterocycles. The minimum absolute atomic E-state index is 0. The highest BCUT2D eigenvalue weighted by atomic mass is 35.5. The van der Waals surface area contributed by atoms with Gasteiger partial charge in [-0.25, -0.2) is 0 Å². The second-order valence-corrected chi connectivity index (χ2v) is 5.82. The Hall–Kier alpha value is -0.450. The molecule has 0 spiro atoms. The summed E-state index contributed by atoms with van der Waals surface area (Å²) in [6.07, 6.45) is 5.95. The van der Waals surface area contributed by atoms with Crippen molar-refractivity contribution in [3.8, 4) is 0 Å². The van der Waals surface area contributed by atoms with Crippen molar-refractivity contribution in [1.82, 2.24) is 10.3 Å². The molecule has 3 nitrogen and oxygen atoms in total. The molecule has 1 fully saturated rings. The summed E-state index contributed by atoms with van der Waals surface area (Å²) in [5, 5.41) is 3.36. The van der Waals surface area contributed by atoms with E-state index in [9.17, 15) is 4.21 Å². The van der Waals surface area contributed by atoms with Crippen molar-refractivity contribution in [2.24, 2.45) is 5.92 Å². The Bertz CT molecular complexity index is 342. The molecule has 1 aliphatic heterocycles. The smallest absolute Gasteiger partial charge is 0.0486 e. The third-order valence-electron chi connectivity index (χ3n) is 2.90. The van der Waals surface area contributed by atoms with E-state index in [2.05, 4.69) is 10.3 Å². The van der Waals surface area contributed by atoms with Crippen LogP contribution in [-0.2, 0) is 16.6 Å². The minimum Gasteiger partial charge on any atom is -0.316 e. The Kier molecular flexibility index (Phi) is 6.70. The van der Waals surface area contributed by atoms with Crippen molar-refractivity contribution in [2.75, 3.05) is 18.8 Å². The minimum atomic E-state index is -0.736. The van der Waals surface area contributed by atoms with Gasteiger partial charge >= 0.3 is 0 Å². The molecule has 0 aromatic carbocycles. The van der Waals surface area contributed by atoms with E-state index in [-0.39, 0.29) is 12.4 Å². The Labute approximate surface area is 111 Å². The van der Waals surface area contributed by atoms with Gasteiger partial charge < -0.3 is 5.32 Å². The summed E-state index contributed by atoms with van der Waals surface area (Å²) in [5.74, 6) is 2.09. The fourth-order valence-corrected chi connectivity index (χ4v) is 3.55. The molecule has 0 aliphatic carbocycles. The van der Waals surface area contributed by atoms with Gasteiger partial charge in [0, 0.05) is 34.7 Å². The van der Waals surface area contributed by atoms with Crippen molar-refractivity contribution in [2.45, 2.75) is 18.6 Å². The number of hydrogen-bond acceptors (Lipinski definition) is 3. The van der Waals surface area contributed by atoms with E-state index in [1.54, 1.807) is 12.4 Å². The lowest BCUT2D eigenvalue weighted by molar-refractivity contribution is 0.408. The van der Waals surface area contributed by atoms with Crippen molar-refractivity contribution >= 4 is 23.2 Å². The van der Waals surface area contributed by atoms with Crippen LogP contribution < -0.4 is 5.32 Å². The number of rotatable bonds is 4. The van der Waals surface area contributed by atoms with Gasteiger partial charge in [0.2, 0.25) is 0 Å². The van der Waals surface area contributed by atoms with E-state index in [1.807, 2.05) is 12.1 Å². The van der Waals surface area contributed by atoms with E-state index in [0.29, 0.717) is 11.7 Å². The molecule has 2 heterocycles. The molecule has 0 bridgehead atoms. The van der Waals surface area contributed by atoms with Crippen molar-refractivity contribution in [3.05, 3.63) is 30.1 Å². The molecule has 0 amide bonds. The summed E-state index contributed by atoms with van der Waals surface area (Å²) in [7, 11) is -0.736. The number of halogens is 1. The highest BCUT2D eigenvalue weighted by Gasteiger charge is 2.15. The molecule has 1 aromatic rings. The van der Waals surface area contributed by atoms with Gasteiger partial charge in [-0.3, -0.25) is 9.19 Å². The second-order valence-electron chi connectivity index (χ2n) is 4.32. The average molecular weight is 275 g/mol. The highest BCUT2D eigenvalue weighted by molar-refractivity contribution is 7.84. The molecule has 2 atom stereocenters. The third kappa shape index (κ3) is 5.15. The number of piperidine rings is 1. The number of nitrogens with one attached hydrogen (secondary N) is 1.